The van der Waals surface area contributed by atoms with E-state index in [1.165, 1.54) is 17.0 Å². The van der Waals surface area contributed by atoms with Crippen molar-refractivity contribution < 1.29 is 14.0 Å². The second kappa shape index (κ2) is 9.55. The first-order chi connectivity index (χ1) is 12.4. The van der Waals surface area contributed by atoms with Crippen LogP contribution in [-0.2, 0) is 22.6 Å². The van der Waals surface area contributed by atoms with Crippen LogP contribution < -0.4 is 5.32 Å². The van der Waals surface area contributed by atoms with Crippen molar-refractivity contribution >= 4 is 35.0 Å². The van der Waals surface area contributed by atoms with Crippen LogP contribution in [0.25, 0.3) is 0 Å². The molecule has 2 rings (SSSR count). The maximum absolute atomic E-state index is 12.9. The van der Waals surface area contributed by atoms with Gasteiger partial charge in [0.2, 0.25) is 11.8 Å². The fourth-order valence-electron chi connectivity index (χ4n) is 2.35. The van der Waals surface area contributed by atoms with Crippen LogP contribution in [-0.4, -0.2) is 29.8 Å². The molecule has 0 aliphatic heterocycles. The minimum absolute atomic E-state index is 0.0538. The van der Waals surface area contributed by atoms with E-state index in [9.17, 15) is 14.0 Å². The lowest BCUT2D eigenvalue weighted by Crippen LogP contribution is -2.41. The summed E-state index contributed by atoms with van der Waals surface area (Å²) in [6, 6.07) is 10.8. The highest BCUT2D eigenvalue weighted by atomic mass is 35.5. The van der Waals surface area contributed by atoms with Crippen molar-refractivity contribution in [2.75, 3.05) is 13.1 Å². The summed E-state index contributed by atoms with van der Waals surface area (Å²) in [5.41, 5.74) is 1.44. The van der Waals surface area contributed by atoms with Gasteiger partial charge in [-0.15, -0.1) is 0 Å². The molecule has 0 aromatic heterocycles. The van der Waals surface area contributed by atoms with Gasteiger partial charge in [-0.2, -0.15) is 0 Å². The number of halogens is 3. The number of nitrogens with zero attached hydrogens (tertiary/aromatic N) is 1. The molecule has 0 saturated heterocycles. The van der Waals surface area contributed by atoms with E-state index < -0.39 is 0 Å². The SMILES string of the molecule is CCN(CC(=O)NCc1ccc(F)cc1)C(=O)Cc1ccc(Cl)cc1Cl. The molecule has 7 heteroatoms. The molecular weight excluding hydrogens is 378 g/mol. The Balaban J connectivity index is 1.89. The van der Waals surface area contributed by atoms with Gasteiger partial charge in [0.1, 0.15) is 5.82 Å². The highest BCUT2D eigenvalue weighted by Crippen LogP contribution is 2.21. The Morgan fingerprint density at radius 1 is 1.12 bits per heavy atom. The molecule has 2 amide bonds. The molecule has 0 aliphatic rings. The smallest absolute Gasteiger partial charge is 0.239 e. The van der Waals surface area contributed by atoms with Gasteiger partial charge in [0, 0.05) is 23.1 Å². The van der Waals surface area contributed by atoms with Gasteiger partial charge in [-0.3, -0.25) is 9.59 Å². The van der Waals surface area contributed by atoms with Crippen molar-refractivity contribution in [2.45, 2.75) is 19.9 Å². The predicted molar refractivity (Wildman–Crippen MR) is 101 cm³/mol. The molecular formula is C19H19Cl2FN2O2. The first-order valence-corrected chi connectivity index (χ1v) is 8.87. The molecule has 0 bridgehead atoms. The summed E-state index contributed by atoms with van der Waals surface area (Å²) >= 11 is 11.9. The Labute approximate surface area is 161 Å². The topological polar surface area (TPSA) is 49.4 Å². The second-order valence-electron chi connectivity index (χ2n) is 5.72. The fourth-order valence-corrected chi connectivity index (χ4v) is 2.82. The standard InChI is InChI=1S/C19H19Cl2FN2O2/c1-2-24(19(26)9-14-5-6-15(20)10-17(14)21)12-18(25)23-11-13-3-7-16(22)8-4-13/h3-8,10H,2,9,11-12H2,1H3,(H,23,25). The summed E-state index contributed by atoms with van der Waals surface area (Å²) in [5, 5.41) is 3.64. The monoisotopic (exact) mass is 396 g/mol. The molecule has 138 valence electrons. The highest BCUT2D eigenvalue weighted by molar-refractivity contribution is 6.35. The molecule has 2 aromatic carbocycles. The van der Waals surface area contributed by atoms with E-state index in [1.807, 2.05) is 0 Å². The van der Waals surface area contributed by atoms with Gasteiger partial charge in [0.15, 0.2) is 0 Å². The molecule has 26 heavy (non-hydrogen) atoms. The number of hydrogen-bond donors (Lipinski definition) is 1. The average Bonchev–Trinajstić information content (AvgIpc) is 2.61. The molecule has 0 aliphatic carbocycles. The zero-order valence-corrected chi connectivity index (χ0v) is 15.8. The van der Waals surface area contributed by atoms with Gasteiger partial charge in [-0.25, -0.2) is 4.39 Å². The lowest BCUT2D eigenvalue weighted by atomic mass is 10.1. The van der Waals surface area contributed by atoms with Crippen LogP contribution in [0.1, 0.15) is 18.1 Å². The Bertz CT molecular complexity index is 782. The Morgan fingerprint density at radius 3 is 2.42 bits per heavy atom. The van der Waals surface area contributed by atoms with Crippen LogP contribution in [0, 0.1) is 5.82 Å². The molecule has 0 unspecified atom stereocenters. The summed E-state index contributed by atoms with van der Waals surface area (Å²) in [4.78, 5) is 26.0. The van der Waals surface area contributed by atoms with Crippen LogP contribution in [0.4, 0.5) is 4.39 Å². The molecule has 2 aromatic rings. The van der Waals surface area contributed by atoms with Gasteiger partial charge in [-0.1, -0.05) is 41.4 Å². The van der Waals surface area contributed by atoms with Crippen LogP contribution in [0.3, 0.4) is 0 Å². The molecule has 0 heterocycles. The van der Waals surface area contributed by atoms with E-state index >= 15 is 0 Å². The Morgan fingerprint density at radius 2 is 1.81 bits per heavy atom. The quantitative estimate of drug-likeness (QED) is 0.772. The largest absolute Gasteiger partial charge is 0.350 e. The first kappa shape index (κ1) is 20.2. The number of benzene rings is 2. The van der Waals surface area contributed by atoms with E-state index in [4.69, 9.17) is 23.2 Å². The van der Waals surface area contributed by atoms with Crippen LogP contribution in [0.2, 0.25) is 10.0 Å². The van der Waals surface area contributed by atoms with E-state index in [0.29, 0.717) is 22.2 Å². The van der Waals surface area contributed by atoms with E-state index in [1.54, 1.807) is 37.3 Å². The summed E-state index contributed by atoms with van der Waals surface area (Å²) < 4.78 is 12.9. The number of amides is 2. The van der Waals surface area contributed by atoms with Crippen molar-refractivity contribution in [3.05, 3.63) is 69.5 Å². The van der Waals surface area contributed by atoms with Crippen LogP contribution in [0.5, 0.6) is 0 Å². The van der Waals surface area contributed by atoms with Gasteiger partial charge >= 0.3 is 0 Å². The number of carbonyl (C=O) groups is 2. The van der Waals surface area contributed by atoms with Gasteiger partial charge in [-0.05, 0) is 42.3 Å². The minimum Gasteiger partial charge on any atom is -0.350 e. The molecule has 0 saturated carbocycles. The van der Waals surface area contributed by atoms with Crippen molar-refractivity contribution in [1.29, 1.82) is 0 Å². The van der Waals surface area contributed by atoms with Gasteiger partial charge < -0.3 is 10.2 Å². The molecule has 1 N–H and O–H groups in total. The number of likely N-dealkylation sites (N-methyl/N-ethyl adjacent to an activating group) is 1. The maximum Gasteiger partial charge on any atom is 0.239 e. The van der Waals surface area contributed by atoms with E-state index in [0.717, 1.165) is 5.56 Å². The molecule has 0 atom stereocenters. The second-order valence-corrected chi connectivity index (χ2v) is 6.57. The third-order valence-corrected chi connectivity index (χ3v) is 4.42. The maximum atomic E-state index is 12.9. The number of rotatable bonds is 7. The summed E-state index contributed by atoms with van der Waals surface area (Å²) in [7, 11) is 0. The first-order valence-electron chi connectivity index (χ1n) is 8.12. The Hall–Kier alpha value is -2.11. The lowest BCUT2D eigenvalue weighted by Gasteiger charge is -2.21. The molecule has 0 spiro atoms. The number of hydrogen-bond acceptors (Lipinski definition) is 2. The van der Waals surface area contributed by atoms with Crippen molar-refractivity contribution in [2.24, 2.45) is 0 Å². The summed E-state index contributed by atoms with van der Waals surface area (Å²) in [6.07, 6.45) is 0.0923. The third kappa shape index (κ3) is 6.00. The Kier molecular flexibility index (Phi) is 7.42. The number of nitrogens with one attached hydrogen (secondary N) is 1. The molecule has 0 fully saturated rings. The van der Waals surface area contributed by atoms with Gasteiger partial charge in [0.25, 0.3) is 0 Å². The summed E-state index contributed by atoms with van der Waals surface area (Å²) in [5.74, 6) is -0.816. The average molecular weight is 397 g/mol. The lowest BCUT2D eigenvalue weighted by molar-refractivity contribution is -0.135. The fraction of sp³-hybridized carbons (Fsp3) is 0.263. The number of carbonyl (C=O) groups excluding carboxylic acids is 2. The van der Waals surface area contributed by atoms with Crippen molar-refractivity contribution in [3.63, 3.8) is 0 Å². The van der Waals surface area contributed by atoms with Gasteiger partial charge in [0.05, 0.1) is 13.0 Å². The normalized spacial score (nSPS) is 10.5. The highest BCUT2D eigenvalue weighted by Gasteiger charge is 2.17. The van der Waals surface area contributed by atoms with Crippen LogP contribution in [0.15, 0.2) is 42.5 Å². The van der Waals surface area contributed by atoms with E-state index in [-0.39, 0.29) is 37.1 Å². The van der Waals surface area contributed by atoms with Crippen LogP contribution >= 0.6 is 23.2 Å². The zero-order chi connectivity index (χ0) is 19.1. The van der Waals surface area contributed by atoms with Crippen molar-refractivity contribution in [1.82, 2.24) is 10.2 Å². The zero-order valence-electron chi connectivity index (χ0n) is 14.3. The minimum atomic E-state index is -0.330. The summed E-state index contributed by atoms with van der Waals surface area (Å²) in [6.45, 7) is 2.41. The van der Waals surface area contributed by atoms with E-state index in [2.05, 4.69) is 5.32 Å². The predicted octanol–water partition coefficient (Wildman–Crippen LogP) is 3.84. The molecule has 4 nitrogen and oxygen atoms in total. The molecule has 0 radical (unpaired) electrons. The third-order valence-electron chi connectivity index (χ3n) is 3.83. The van der Waals surface area contributed by atoms with Crippen molar-refractivity contribution in [3.8, 4) is 0 Å².